The molecule has 4 aromatic carbocycles. The molecule has 35 heavy (non-hydrogen) atoms. The number of methoxy groups -OCH3 is 1. The summed E-state index contributed by atoms with van der Waals surface area (Å²) in [5.74, 6) is 1.19. The molecule has 0 unspecified atom stereocenters. The zero-order valence-corrected chi connectivity index (χ0v) is 19.7. The SMILES string of the molecule is COC(=O)[C@@H](C)Oc1ccc(-c2ccc(-c3c(Cc4ccccc4)oc4ccccc34)cc2)cc1. The maximum atomic E-state index is 11.6. The lowest BCUT2D eigenvalue weighted by molar-refractivity contribution is -0.147. The average Bonchev–Trinajstić information content (AvgIpc) is 3.27. The smallest absolute Gasteiger partial charge is 0.346 e. The zero-order valence-electron chi connectivity index (χ0n) is 19.7. The monoisotopic (exact) mass is 462 g/mol. The number of hydrogen-bond donors (Lipinski definition) is 0. The highest BCUT2D eigenvalue weighted by molar-refractivity contribution is 5.96. The predicted molar refractivity (Wildman–Crippen MR) is 138 cm³/mol. The van der Waals surface area contributed by atoms with Crippen LogP contribution in [-0.4, -0.2) is 19.2 Å². The van der Waals surface area contributed by atoms with E-state index in [4.69, 9.17) is 13.9 Å². The molecule has 1 heterocycles. The second kappa shape index (κ2) is 9.90. The molecule has 0 aliphatic rings. The fourth-order valence-corrected chi connectivity index (χ4v) is 4.29. The van der Waals surface area contributed by atoms with Crippen LogP contribution in [0.2, 0.25) is 0 Å². The molecule has 0 spiro atoms. The van der Waals surface area contributed by atoms with Crippen molar-refractivity contribution in [3.05, 3.63) is 114 Å². The lowest BCUT2D eigenvalue weighted by Gasteiger charge is -2.13. The molecule has 4 nitrogen and oxygen atoms in total. The maximum absolute atomic E-state index is 11.6. The van der Waals surface area contributed by atoms with Crippen LogP contribution in [0.25, 0.3) is 33.2 Å². The minimum absolute atomic E-state index is 0.400. The van der Waals surface area contributed by atoms with E-state index in [1.165, 1.54) is 12.7 Å². The molecule has 0 saturated carbocycles. The third-order valence-corrected chi connectivity index (χ3v) is 6.08. The number of ether oxygens (including phenoxy) is 2. The van der Waals surface area contributed by atoms with E-state index in [2.05, 4.69) is 54.6 Å². The van der Waals surface area contributed by atoms with E-state index in [1.54, 1.807) is 6.92 Å². The van der Waals surface area contributed by atoms with Gasteiger partial charge >= 0.3 is 5.97 Å². The van der Waals surface area contributed by atoms with Gasteiger partial charge in [-0.25, -0.2) is 4.79 Å². The minimum atomic E-state index is -0.653. The van der Waals surface area contributed by atoms with Gasteiger partial charge in [-0.05, 0) is 47.4 Å². The third-order valence-electron chi connectivity index (χ3n) is 6.08. The first kappa shape index (κ1) is 22.5. The molecule has 1 aromatic heterocycles. The van der Waals surface area contributed by atoms with Gasteiger partial charge in [-0.15, -0.1) is 0 Å². The number of carbonyl (C=O) groups excluding carboxylic acids is 1. The van der Waals surface area contributed by atoms with Gasteiger partial charge in [0.1, 0.15) is 17.1 Å². The van der Waals surface area contributed by atoms with Gasteiger partial charge in [-0.3, -0.25) is 0 Å². The van der Waals surface area contributed by atoms with E-state index in [0.29, 0.717) is 5.75 Å². The van der Waals surface area contributed by atoms with Gasteiger partial charge in [-0.2, -0.15) is 0 Å². The molecule has 0 aliphatic carbocycles. The normalized spacial score (nSPS) is 11.8. The Hall–Kier alpha value is -4.31. The fraction of sp³-hybridized carbons (Fsp3) is 0.129. The standard InChI is InChI=1S/C31H26O4/c1-21(31(32)33-2)34-26-18-16-24(17-19-26)23-12-14-25(15-13-23)30-27-10-6-7-11-28(27)35-29(30)20-22-8-4-3-5-9-22/h3-19,21H,20H2,1-2H3/t21-/m1/s1. The molecule has 1 atom stereocenters. The third kappa shape index (κ3) is 4.82. The van der Waals surface area contributed by atoms with Crippen molar-refractivity contribution < 1.29 is 18.7 Å². The first-order valence-corrected chi connectivity index (χ1v) is 11.6. The number of para-hydroxylation sites is 1. The number of fused-ring (bicyclic) bond motifs is 1. The molecule has 0 fully saturated rings. The van der Waals surface area contributed by atoms with E-state index in [9.17, 15) is 4.79 Å². The molecule has 174 valence electrons. The lowest BCUT2D eigenvalue weighted by atomic mass is 9.96. The number of carbonyl (C=O) groups is 1. The van der Waals surface area contributed by atoms with Crippen LogP contribution in [0.5, 0.6) is 5.75 Å². The Bertz CT molecular complexity index is 1430. The largest absolute Gasteiger partial charge is 0.479 e. The van der Waals surface area contributed by atoms with Crippen LogP contribution in [0.4, 0.5) is 0 Å². The Morgan fingerprint density at radius 1 is 0.771 bits per heavy atom. The number of furan rings is 1. The minimum Gasteiger partial charge on any atom is -0.479 e. The zero-order chi connectivity index (χ0) is 24.2. The molecule has 4 heteroatoms. The molecular formula is C31H26O4. The Morgan fingerprint density at radius 3 is 2.06 bits per heavy atom. The van der Waals surface area contributed by atoms with Crippen molar-refractivity contribution in [2.75, 3.05) is 7.11 Å². The van der Waals surface area contributed by atoms with Crippen molar-refractivity contribution in [3.8, 4) is 28.0 Å². The lowest BCUT2D eigenvalue weighted by Crippen LogP contribution is -2.24. The highest BCUT2D eigenvalue weighted by Crippen LogP contribution is 2.37. The van der Waals surface area contributed by atoms with Crippen LogP contribution in [0.15, 0.2) is 108 Å². The summed E-state index contributed by atoms with van der Waals surface area (Å²) in [5, 5.41) is 1.12. The van der Waals surface area contributed by atoms with Gasteiger partial charge in [0.25, 0.3) is 0 Å². The Labute approximate surface area is 204 Å². The van der Waals surface area contributed by atoms with Crippen molar-refractivity contribution in [2.24, 2.45) is 0 Å². The van der Waals surface area contributed by atoms with Crippen molar-refractivity contribution in [3.63, 3.8) is 0 Å². The summed E-state index contributed by atoms with van der Waals surface area (Å²) in [6.45, 7) is 1.67. The second-order valence-electron chi connectivity index (χ2n) is 8.44. The maximum Gasteiger partial charge on any atom is 0.346 e. The highest BCUT2D eigenvalue weighted by atomic mass is 16.6. The van der Waals surface area contributed by atoms with Crippen LogP contribution in [-0.2, 0) is 16.0 Å². The van der Waals surface area contributed by atoms with Crippen molar-refractivity contribution in [1.29, 1.82) is 0 Å². The molecule has 5 aromatic rings. The Balaban J connectivity index is 1.42. The molecule has 0 N–H and O–H groups in total. The number of benzene rings is 4. The van der Waals surface area contributed by atoms with Gasteiger partial charge < -0.3 is 13.9 Å². The van der Waals surface area contributed by atoms with Gasteiger partial charge in [0, 0.05) is 17.4 Å². The van der Waals surface area contributed by atoms with Crippen molar-refractivity contribution >= 4 is 16.9 Å². The number of hydrogen-bond acceptors (Lipinski definition) is 4. The van der Waals surface area contributed by atoms with Crippen LogP contribution in [0, 0.1) is 0 Å². The van der Waals surface area contributed by atoms with Gasteiger partial charge in [-0.1, -0.05) is 84.9 Å². The molecule has 0 bridgehead atoms. The first-order chi connectivity index (χ1) is 17.1. The molecule has 0 radical (unpaired) electrons. The number of esters is 1. The van der Waals surface area contributed by atoms with Crippen molar-refractivity contribution in [1.82, 2.24) is 0 Å². The van der Waals surface area contributed by atoms with E-state index >= 15 is 0 Å². The molecule has 5 rings (SSSR count). The fourth-order valence-electron chi connectivity index (χ4n) is 4.29. The summed E-state index contributed by atoms with van der Waals surface area (Å²) in [6, 6.07) is 34.8. The van der Waals surface area contributed by atoms with Crippen LogP contribution >= 0.6 is 0 Å². The van der Waals surface area contributed by atoms with Crippen LogP contribution in [0.1, 0.15) is 18.2 Å². The molecule has 0 amide bonds. The molecule has 0 saturated heterocycles. The summed E-state index contributed by atoms with van der Waals surface area (Å²) >= 11 is 0. The van der Waals surface area contributed by atoms with Crippen LogP contribution in [0.3, 0.4) is 0 Å². The summed E-state index contributed by atoms with van der Waals surface area (Å²) in [5.41, 5.74) is 6.53. The Morgan fingerprint density at radius 2 is 1.37 bits per heavy atom. The quantitative estimate of drug-likeness (QED) is 0.238. The summed E-state index contributed by atoms with van der Waals surface area (Å²) < 4.78 is 16.7. The van der Waals surface area contributed by atoms with Gasteiger partial charge in [0.15, 0.2) is 6.10 Å². The highest BCUT2D eigenvalue weighted by Gasteiger charge is 2.17. The second-order valence-corrected chi connectivity index (χ2v) is 8.44. The van der Waals surface area contributed by atoms with Crippen LogP contribution < -0.4 is 4.74 Å². The average molecular weight is 463 g/mol. The van der Waals surface area contributed by atoms with Gasteiger partial charge in [0.05, 0.1) is 7.11 Å². The van der Waals surface area contributed by atoms with E-state index in [-0.39, 0.29) is 0 Å². The summed E-state index contributed by atoms with van der Waals surface area (Å²) in [7, 11) is 1.35. The van der Waals surface area contributed by atoms with E-state index in [1.807, 2.05) is 48.5 Å². The topological polar surface area (TPSA) is 48.7 Å². The first-order valence-electron chi connectivity index (χ1n) is 11.6. The Kier molecular flexibility index (Phi) is 6.36. The van der Waals surface area contributed by atoms with Crippen molar-refractivity contribution in [2.45, 2.75) is 19.4 Å². The van der Waals surface area contributed by atoms with Gasteiger partial charge in [0.2, 0.25) is 0 Å². The van der Waals surface area contributed by atoms with E-state index in [0.717, 1.165) is 45.4 Å². The molecular weight excluding hydrogens is 436 g/mol. The predicted octanol–water partition coefficient (Wildman–Crippen LogP) is 7.30. The number of rotatable bonds is 7. The summed E-state index contributed by atoms with van der Waals surface area (Å²) in [6.07, 6.45) is 0.0814. The summed E-state index contributed by atoms with van der Waals surface area (Å²) in [4.78, 5) is 11.6. The van der Waals surface area contributed by atoms with E-state index < -0.39 is 12.1 Å². The molecule has 0 aliphatic heterocycles.